The Morgan fingerprint density at radius 3 is 2.14 bits per heavy atom. The molecule has 3 N–H and O–H groups in total. The van der Waals surface area contributed by atoms with E-state index in [-0.39, 0.29) is 35.5 Å². The van der Waals surface area contributed by atoms with Crippen molar-refractivity contribution in [3.8, 4) is 0 Å². The van der Waals surface area contributed by atoms with Gasteiger partial charge in [0.05, 0.1) is 12.0 Å². The molecule has 0 aromatic heterocycles. The van der Waals surface area contributed by atoms with Crippen LogP contribution in [0.3, 0.4) is 0 Å². The van der Waals surface area contributed by atoms with Gasteiger partial charge in [0, 0.05) is 11.5 Å². The maximum Gasteiger partial charge on any atom is 0.309 e. The average Bonchev–Trinajstić information content (AvgIpc) is 2.89. The number of carbonyl (C=O) groups is 3. The number of benzene rings is 1. The Morgan fingerprint density at radius 2 is 1.56 bits per heavy atom. The van der Waals surface area contributed by atoms with Crippen molar-refractivity contribution < 1.29 is 28.6 Å². The first-order valence-corrected chi connectivity index (χ1v) is 13.5. The van der Waals surface area contributed by atoms with Gasteiger partial charge in [-0.2, -0.15) is 0 Å². The number of piperidine rings is 1. The van der Waals surface area contributed by atoms with Gasteiger partial charge in [0.15, 0.2) is 11.4 Å². The minimum absolute atomic E-state index is 0.0142. The lowest BCUT2D eigenvalue weighted by atomic mass is 9.76. The van der Waals surface area contributed by atoms with Crippen LogP contribution in [0.15, 0.2) is 24.3 Å². The van der Waals surface area contributed by atoms with Crippen molar-refractivity contribution in [2.24, 2.45) is 23.5 Å². The second kappa shape index (κ2) is 11.8. The van der Waals surface area contributed by atoms with E-state index in [1.54, 1.807) is 12.1 Å². The van der Waals surface area contributed by atoms with Crippen molar-refractivity contribution in [1.29, 1.82) is 0 Å². The zero-order chi connectivity index (χ0) is 25.7. The van der Waals surface area contributed by atoms with E-state index < -0.39 is 11.5 Å². The second-order valence-electron chi connectivity index (χ2n) is 11.0. The molecule has 36 heavy (non-hydrogen) atoms. The van der Waals surface area contributed by atoms with Gasteiger partial charge in [-0.15, -0.1) is 0 Å². The van der Waals surface area contributed by atoms with Crippen molar-refractivity contribution in [3.63, 3.8) is 0 Å². The van der Waals surface area contributed by atoms with E-state index in [9.17, 15) is 23.9 Å². The minimum atomic E-state index is -1.21. The number of amides is 1. The van der Waals surface area contributed by atoms with Gasteiger partial charge in [0.1, 0.15) is 5.82 Å². The highest BCUT2D eigenvalue weighted by Gasteiger charge is 2.45. The Labute approximate surface area is 212 Å². The molecule has 198 valence electrons. The molecule has 7 nitrogen and oxygen atoms in total. The molecule has 0 atom stereocenters. The number of nitrogens with two attached hydrogens (primary N) is 1. The molecular formula is C28H39FN2O5. The Morgan fingerprint density at radius 1 is 0.944 bits per heavy atom. The third-order valence-electron chi connectivity index (χ3n) is 8.63. The minimum Gasteiger partial charge on any atom is -0.449 e. The van der Waals surface area contributed by atoms with Crippen LogP contribution in [0.1, 0.15) is 81.0 Å². The van der Waals surface area contributed by atoms with Gasteiger partial charge < -0.3 is 20.5 Å². The number of aliphatic hydroxyl groups excluding tert-OH is 1. The summed E-state index contributed by atoms with van der Waals surface area (Å²) in [6.45, 7) is 2.67. The molecule has 0 unspecified atom stereocenters. The largest absolute Gasteiger partial charge is 0.449 e. The molecule has 2 saturated carbocycles. The summed E-state index contributed by atoms with van der Waals surface area (Å²) in [6, 6.07) is 5.80. The Kier molecular flexibility index (Phi) is 8.78. The fourth-order valence-electron chi connectivity index (χ4n) is 6.05. The molecule has 3 aliphatic rings. The molecule has 1 amide bonds. The van der Waals surface area contributed by atoms with Gasteiger partial charge in [-0.05, 0) is 120 Å². The standard InChI is InChI=1S/C28H39FN2O5/c29-23-5-1-20(2-6-23)25(33)21-12-17-31(18-13-21)16-11-19-9-14-28(15-10-19,27(30)35)36-26(34)22-3-7-24(32)8-4-22/h1-2,5-6,19,21-22,24,32H,3-4,7-18H2,(H2,30,35). The molecule has 1 aromatic carbocycles. The van der Waals surface area contributed by atoms with Crippen molar-refractivity contribution in [2.75, 3.05) is 19.6 Å². The molecule has 3 fully saturated rings. The van der Waals surface area contributed by atoms with Gasteiger partial charge in [0.25, 0.3) is 5.91 Å². The number of likely N-dealkylation sites (tertiary alicyclic amines) is 1. The zero-order valence-electron chi connectivity index (χ0n) is 21.0. The number of primary amides is 1. The summed E-state index contributed by atoms with van der Waals surface area (Å²) in [5.41, 5.74) is 5.09. The monoisotopic (exact) mass is 502 g/mol. The zero-order valence-corrected chi connectivity index (χ0v) is 21.0. The maximum atomic E-state index is 13.1. The fourth-order valence-corrected chi connectivity index (χ4v) is 6.05. The van der Waals surface area contributed by atoms with E-state index in [2.05, 4.69) is 4.90 Å². The number of carbonyl (C=O) groups excluding carboxylic acids is 3. The molecule has 0 spiro atoms. The lowest BCUT2D eigenvalue weighted by Gasteiger charge is -2.39. The summed E-state index contributed by atoms with van der Waals surface area (Å²) in [6.07, 6.45) is 7.11. The number of esters is 1. The fraction of sp³-hybridized carbons (Fsp3) is 0.679. The van der Waals surface area contributed by atoms with Crippen molar-refractivity contribution in [1.82, 2.24) is 4.90 Å². The highest BCUT2D eigenvalue weighted by Crippen LogP contribution is 2.38. The van der Waals surface area contributed by atoms with Crippen LogP contribution in [0, 0.1) is 23.6 Å². The normalized spacial score (nSPS) is 30.0. The first kappa shape index (κ1) is 26.7. The Balaban J connectivity index is 1.19. The lowest BCUT2D eigenvalue weighted by molar-refractivity contribution is -0.177. The van der Waals surface area contributed by atoms with Crippen LogP contribution < -0.4 is 5.73 Å². The molecule has 1 aromatic rings. The van der Waals surface area contributed by atoms with Gasteiger partial charge >= 0.3 is 5.97 Å². The summed E-state index contributed by atoms with van der Waals surface area (Å²) in [4.78, 5) is 40.1. The molecule has 1 saturated heterocycles. The number of hydrogen-bond acceptors (Lipinski definition) is 6. The van der Waals surface area contributed by atoms with Crippen molar-refractivity contribution >= 4 is 17.7 Å². The quantitative estimate of drug-likeness (QED) is 0.415. The predicted molar refractivity (Wildman–Crippen MR) is 132 cm³/mol. The van der Waals surface area contributed by atoms with Crippen LogP contribution in [0.5, 0.6) is 0 Å². The highest BCUT2D eigenvalue weighted by atomic mass is 19.1. The van der Waals surface area contributed by atoms with Crippen LogP contribution >= 0.6 is 0 Å². The highest BCUT2D eigenvalue weighted by molar-refractivity contribution is 5.97. The number of rotatable bonds is 8. The summed E-state index contributed by atoms with van der Waals surface area (Å²) in [5.74, 6) is -0.973. The molecule has 4 rings (SSSR count). The number of aliphatic hydroxyl groups is 1. The number of Topliss-reactive ketones (excluding diaryl/α,β-unsaturated/α-hetero) is 1. The van der Waals surface area contributed by atoms with E-state index in [0.29, 0.717) is 50.0 Å². The van der Waals surface area contributed by atoms with Crippen LogP contribution in [-0.2, 0) is 14.3 Å². The van der Waals surface area contributed by atoms with Crippen LogP contribution in [-0.4, -0.2) is 59.0 Å². The van der Waals surface area contributed by atoms with E-state index in [0.717, 1.165) is 51.7 Å². The van der Waals surface area contributed by atoms with Crippen molar-refractivity contribution in [3.05, 3.63) is 35.6 Å². The molecule has 1 aliphatic heterocycles. The summed E-state index contributed by atoms with van der Waals surface area (Å²) < 4.78 is 18.9. The van der Waals surface area contributed by atoms with Crippen LogP contribution in [0.25, 0.3) is 0 Å². The summed E-state index contributed by atoms with van der Waals surface area (Å²) in [5, 5.41) is 9.68. The molecular weight excluding hydrogens is 463 g/mol. The van der Waals surface area contributed by atoms with Crippen molar-refractivity contribution in [2.45, 2.75) is 82.3 Å². The molecule has 1 heterocycles. The van der Waals surface area contributed by atoms with Crippen LogP contribution in [0.4, 0.5) is 4.39 Å². The number of hydrogen-bond donors (Lipinski definition) is 2. The van der Waals surface area contributed by atoms with E-state index >= 15 is 0 Å². The second-order valence-corrected chi connectivity index (χ2v) is 11.0. The van der Waals surface area contributed by atoms with E-state index in [1.807, 2.05) is 0 Å². The topological polar surface area (TPSA) is 110 Å². The van der Waals surface area contributed by atoms with Gasteiger partial charge in [-0.3, -0.25) is 14.4 Å². The Bertz CT molecular complexity index is 912. The molecule has 0 radical (unpaired) electrons. The summed E-state index contributed by atoms with van der Waals surface area (Å²) >= 11 is 0. The first-order chi connectivity index (χ1) is 17.3. The average molecular weight is 503 g/mol. The number of ketones is 1. The number of nitrogens with zero attached hydrogens (tertiary/aromatic N) is 1. The predicted octanol–water partition coefficient (Wildman–Crippen LogP) is 3.62. The van der Waals surface area contributed by atoms with Gasteiger partial charge in [-0.1, -0.05) is 0 Å². The lowest BCUT2D eigenvalue weighted by Crippen LogP contribution is -2.51. The third-order valence-corrected chi connectivity index (χ3v) is 8.63. The van der Waals surface area contributed by atoms with Gasteiger partial charge in [-0.25, -0.2) is 4.39 Å². The number of ether oxygens (including phenoxy) is 1. The smallest absolute Gasteiger partial charge is 0.309 e. The van der Waals surface area contributed by atoms with Gasteiger partial charge in [0.2, 0.25) is 0 Å². The molecule has 8 heteroatoms. The van der Waals surface area contributed by atoms with E-state index in [4.69, 9.17) is 10.5 Å². The van der Waals surface area contributed by atoms with E-state index in [1.165, 1.54) is 12.1 Å². The van der Waals surface area contributed by atoms with Crippen LogP contribution in [0.2, 0.25) is 0 Å². The Hall–Kier alpha value is -2.32. The number of halogens is 1. The molecule has 0 bridgehead atoms. The first-order valence-electron chi connectivity index (χ1n) is 13.5. The SMILES string of the molecule is NC(=O)C1(OC(=O)C2CCC(O)CC2)CCC(CCN2CCC(C(=O)c3ccc(F)cc3)CC2)CC1. The maximum absolute atomic E-state index is 13.1. The molecule has 2 aliphatic carbocycles. The third kappa shape index (κ3) is 6.51. The summed E-state index contributed by atoms with van der Waals surface area (Å²) in [7, 11) is 0.